The highest BCUT2D eigenvalue weighted by atomic mass is 79.9. The molecule has 0 fully saturated rings. The van der Waals surface area contributed by atoms with E-state index < -0.39 is 0 Å². The molecule has 0 atom stereocenters. The zero-order chi connectivity index (χ0) is 15.1. The van der Waals surface area contributed by atoms with E-state index in [0.29, 0.717) is 22.9 Å². The van der Waals surface area contributed by atoms with Gasteiger partial charge in [0.2, 0.25) is 12.5 Å². The van der Waals surface area contributed by atoms with E-state index >= 15 is 0 Å². The van der Waals surface area contributed by atoms with Gasteiger partial charge in [-0.1, -0.05) is 0 Å². The van der Waals surface area contributed by atoms with E-state index in [1.807, 2.05) is 18.0 Å². The zero-order valence-corrected chi connectivity index (χ0v) is 13.7. The minimum Gasteiger partial charge on any atom is -0.492 e. The molecule has 0 aliphatic carbocycles. The highest BCUT2D eigenvalue weighted by Gasteiger charge is 2.30. The Hall–Kier alpha value is -1.69. The molecule has 0 aromatic heterocycles. The summed E-state index contributed by atoms with van der Waals surface area (Å²) in [6, 6.07) is 0. The second-order valence-electron chi connectivity index (χ2n) is 5.06. The van der Waals surface area contributed by atoms with Crippen LogP contribution in [0.1, 0.15) is 18.1 Å². The average molecular weight is 354 g/mol. The summed E-state index contributed by atoms with van der Waals surface area (Å²) >= 11 is 3.60. The lowest BCUT2D eigenvalue weighted by molar-refractivity contribution is -0.114. The molecule has 1 aromatic carbocycles. The monoisotopic (exact) mass is 353 g/mol. The summed E-state index contributed by atoms with van der Waals surface area (Å²) in [6.45, 7) is 2.50. The number of fused-ring (bicyclic) bond motifs is 2. The first-order chi connectivity index (χ1) is 10.0. The van der Waals surface area contributed by atoms with E-state index in [1.54, 1.807) is 14.0 Å². The van der Waals surface area contributed by atoms with Crippen molar-refractivity contribution in [2.24, 2.45) is 0 Å². The number of hydrogen-bond donors (Lipinski definition) is 0. The van der Waals surface area contributed by atoms with Crippen molar-refractivity contribution < 1.29 is 19.0 Å². The standard InChI is InChI=1S/C15H16BrNO4/c1-8(18)11-6-10-9(4-5-17(11)2)12(16)14-15(13(10)19-3)21-7-20-14/h6H,4-5,7H2,1-3H3. The number of rotatable bonds is 2. The molecule has 0 bridgehead atoms. The molecule has 0 saturated carbocycles. The Labute approximate surface area is 131 Å². The summed E-state index contributed by atoms with van der Waals surface area (Å²) in [5.74, 6) is 1.91. The SMILES string of the molecule is COc1c2c(c(Br)c3c1OCO3)CCN(C)C(C(C)=O)=C2. The van der Waals surface area contributed by atoms with Gasteiger partial charge in [0.1, 0.15) is 0 Å². The average Bonchev–Trinajstić information content (AvgIpc) is 2.86. The van der Waals surface area contributed by atoms with Gasteiger partial charge in [0.05, 0.1) is 17.3 Å². The van der Waals surface area contributed by atoms with Gasteiger partial charge >= 0.3 is 0 Å². The third-order valence-corrected chi connectivity index (χ3v) is 4.65. The van der Waals surface area contributed by atoms with E-state index in [-0.39, 0.29) is 12.6 Å². The van der Waals surface area contributed by atoms with Crippen molar-refractivity contribution in [3.8, 4) is 17.2 Å². The van der Waals surface area contributed by atoms with Crippen molar-refractivity contribution in [2.45, 2.75) is 13.3 Å². The Morgan fingerprint density at radius 3 is 2.76 bits per heavy atom. The van der Waals surface area contributed by atoms with Crippen molar-refractivity contribution >= 4 is 27.8 Å². The van der Waals surface area contributed by atoms with E-state index in [2.05, 4.69) is 15.9 Å². The summed E-state index contributed by atoms with van der Waals surface area (Å²) < 4.78 is 17.5. The fourth-order valence-corrected chi connectivity index (χ4v) is 3.45. The lowest BCUT2D eigenvalue weighted by Crippen LogP contribution is -2.23. The molecule has 0 unspecified atom stereocenters. The maximum Gasteiger partial charge on any atom is 0.231 e. The molecule has 0 saturated heterocycles. The van der Waals surface area contributed by atoms with Crippen LogP contribution in [-0.2, 0) is 11.2 Å². The molecule has 0 amide bonds. The second-order valence-corrected chi connectivity index (χ2v) is 5.85. The number of hydrogen-bond acceptors (Lipinski definition) is 5. The predicted octanol–water partition coefficient (Wildman–Crippen LogP) is 2.60. The molecule has 0 N–H and O–H groups in total. The highest BCUT2D eigenvalue weighted by molar-refractivity contribution is 9.10. The number of ketones is 1. The number of carbonyl (C=O) groups is 1. The number of carbonyl (C=O) groups excluding carboxylic acids is 1. The largest absolute Gasteiger partial charge is 0.492 e. The molecular weight excluding hydrogens is 338 g/mol. The lowest BCUT2D eigenvalue weighted by atomic mass is 10.0. The third-order valence-electron chi connectivity index (χ3n) is 3.81. The Kier molecular flexibility index (Phi) is 3.57. The molecule has 112 valence electrons. The van der Waals surface area contributed by atoms with Crippen LogP contribution in [0.25, 0.3) is 6.08 Å². The minimum atomic E-state index is 0.0289. The van der Waals surface area contributed by atoms with Gasteiger partial charge in [-0.05, 0) is 34.0 Å². The van der Waals surface area contributed by atoms with Crippen LogP contribution < -0.4 is 14.2 Å². The molecule has 6 heteroatoms. The van der Waals surface area contributed by atoms with Crippen molar-refractivity contribution in [1.82, 2.24) is 4.90 Å². The first kappa shape index (κ1) is 14.3. The number of likely N-dealkylation sites (N-methyl/N-ethyl adjacent to an activating group) is 1. The Balaban J connectivity index is 2.29. The topological polar surface area (TPSA) is 48.0 Å². The van der Waals surface area contributed by atoms with Crippen LogP contribution in [0.2, 0.25) is 0 Å². The first-order valence-corrected chi connectivity index (χ1v) is 7.45. The van der Waals surface area contributed by atoms with Crippen LogP contribution >= 0.6 is 15.9 Å². The van der Waals surface area contributed by atoms with Crippen LogP contribution in [0, 0.1) is 0 Å². The van der Waals surface area contributed by atoms with Crippen molar-refractivity contribution in [3.63, 3.8) is 0 Å². The number of halogens is 1. The molecule has 3 rings (SSSR count). The second kappa shape index (κ2) is 5.26. The number of nitrogens with zero attached hydrogens (tertiary/aromatic N) is 1. The zero-order valence-electron chi connectivity index (χ0n) is 12.2. The molecule has 21 heavy (non-hydrogen) atoms. The Morgan fingerprint density at radius 2 is 2.10 bits per heavy atom. The van der Waals surface area contributed by atoms with Crippen LogP contribution in [0.3, 0.4) is 0 Å². The van der Waals surface area contributed by atoms with Gasteiger partial charge < -0.3 is 19.1 Å². The Morgan fingerprint density at radius 1 is 1.38 bits per heavy atom. The van der Waals surface area contributed by atoms with E-state index in [4.69, 9.17) is 14.2 Å². The molecule has 2 heterocycles. The summed E-state index contributed by atoms with van der Waals surface area (Å²) in [6.07, 6.45) is 2.66. The quantitative estimate of drug-likeness (QED) is 0.817. The van der Waals surface area contributed by atoms with Crippen LogP contribution in [0.15, 0.2) is 10.2 Å². The molecule has 1 aromatic rings. The van der Waals surface area contributed by atoms with Gasteiger partial charge in [-0.2, -0.15) is 0 Å². The summed E-state index contributed by atoms with van der Waals surface area (Å²) in [7, 11) is 3.52. The van der Waals surface area contributed by atoms with E-state index in [0.717, 1.165) is 28.6 Å². The third kappa shape index (κ3) is 2.18. The summed E-state index contributed by atoms with van der Waals surface area (Å²) in [5, 5.41) is 0. The van der Waals surface area contributed by atoms with Crippen LogP contribution in [0.4, 0.5) is 0 Å². The maximum absolute atomic E-state index is 11.9. The van der Waals surface area contributed by atoms with Crippen LogP contribution in [-0.4, -0.2) is 38.2 Å². The molecular formula is C15H16BrNO4. The van der Waals surface area contributed by atoms with Gasteiger partial charge in [-0.25, -0.2) is 0 Å². The number of methoxy groups -OCH3 is 1. The molecule has 0 radical (unpaired) electrons. The smallest absolute Gasteiger partial charge is 0.231 e. The summed E-state index contributed by atoms with van der Waals surface area (Å²) in [4.78, 5) is 13.8. The Bertz CT molecular complexity index is 654. The van der Waals surface area contributed by atoms with E-state index in [1.165, 1.54) is 0 Å². The van der Waals surface area contributed by atoms with Gasteiger partial charge in [-0.3, -0.25) is 4.79 Å². The normalized spacial score (nSPS) is 16.2. The van der Waals surface area contributed by atoms with Crippen LogP contribution in [0.5, 0.6) is 17.2 Å². The predicted molar refractivity (Wildman–Crippen MR) is 81.8 cm³/mol. The minimum absolute atomic E-state index is 0.0289. The number of allylic oxidation sites excluding steroid dienone is 1. The first-order valence-electron chi connectivity index (χ1n) is 6.66. The van der Waals surface area contributed by atoms with Gasteiger partial charge in [-0.15, -0.1) is 0 Å². The highest BCUT2D eigenvalue weighted by Crippen LogP contribution is 2.51. The lowest BCUT2D eigenvalue weighted by Gasteiger charge is -2.18. The molecule has 0 spiro atoms. The molecule has 2 aliphatic heterocycles. The van der Waals surface area contributed by atoms with E-state index in [9.17, 15) is 4.79 Å². The van der Waals surface area contributed by atoms with Crippen molar-refractivity contribution in [1.29, 1.82) is 0 Å². The van der Waals surface area contributed by atoms with Gasteiger partial charge in [0.25, 0.3) is 0 Å². The fraction of sp³-hybridized carbons (Fsp3) is 0.400. The fourth-order valence-electron chi connectivity index (χ4n) is 2.74. The summed E-state index contributed by atoms with van der Waals surface area (Å²) in [5.41, 5.74) is 2.61. The number of ether oxygens (including phenoxy) is 3. The maximum atomic E-state index is 11.9. The van der Waals surface area contributed by atoms with Gasteiger partial charge in [0, 0.05) is 26.1 Å². The van der Waals surface area contributed by atoms with Crippen molar-refractivity contribution in [2.75, 3.05) is 27.5 Å². The molecule has 5 nitrogen and oxygen atoms in total. The number of benzene rings is 1. The van der Waals surface area contributed by atoms with Crippen molar-refractivity contribution in [3.05, 3.63) is 21.3 Å². The number of Topliss-reactive ketones (excluding diaryl/α,β-unsaturated/α-hetero) is 1. The van der Waals surface area contributed by atoms with Gasteiger partial charge in [0.15, 0.2) is 17.3 Å². The molecule has 2 aliphatic rings.